The van der Waals surface area contributed by atoms with E-state index in [0.717, 1.165) is 19.4 Å². The lowest BCUT2D eigenvalue weighted by atomic mass is 10.1. The molecule has 2 aliphatic heterocycles. The Kier molecular flexibility index (Phi) is 6.81. The van der Waals surface area contributed by atoms with Gasteiger partial charge in [-0.1, -0.05) is 0 Å². The fourth-order valence-electron chi connectivity index (χ4n) is 3.78. The number of hydrogen-bond donors (Lipinski definition) is 5. The number of nitrogens with one attached hydrogen (secondary N) is 4. The molecule has 11 nitrogen and oxygen atoms in total. The predicted octanol–water partition coefficient (Wildman–Crippen LogP) is -1.62. The zero-order valence-electron chi connectivity index (χ0n) is 16.0. The van der Waals surface area contributed by atoms with Crippen molar-refractivity contribution in [2.24, 2.45) is 0 Å². The van der Waals surface area contributed by atoms with Crippen LogP contribution in [0, 0.1) is 0 Å². The Hall–Kier alpha value is -2.95. The second-order valence-corrected chi connectivity index (χ2v) is 7.29. The van der Waals surface area contributed by atoms with Gasteiger partial charge in [-0.2, -0.15) is 0 Å². The molecule has 1 aromatic heterocycles. The molecule has 3 atom stereocenters. The van der Waals surface area contributed by atoms with Gasteiger partial charge in [0.1, 0.15) is 18.6 Å². The fraction of sp³-hybridized carbons (Fsp3) is 0.611. The molecule has 0 spiro atoms. The van der Waals surface area contributed by atoms with E-state index in [-0.39, 0.29) is 18.4 Å². The Morgan fingerprint density at radius 3 is 2.76 bits per heavy atom. The molecule has 0 bridgehead atoms. The summed E-state index contributed by atoms with van der Waals surface area (Å²) in [5.41, 5.74) is 0.621. The van der Waals surface area contributed by atoms with Crippen LogP contribution in [0.4, 0.5) is 0 Å². The van der Waals surface area contributed by atoms with Crippen molar-refractivity contribution in [1.29, 1.82) is 0 Å². The van der Waals surface area contributed by atoms with Crippen LogP contribution in [0.25, 0.3) is 0 Å². The third kappa shape index (κ3) is 5.31. The van der Waals surface area contributed by atoms with Crippen LogP contribution < -0.4 is 16.0 Å². The molecule has 0 radical (unpaired) electrons. The summed E-state index contributed by atoms with van der Waals surface area (Å²) in [6.45, 7) is 0.748. The van der Waals surface area contributed by atoms with Crippen molar-refractivity contribution >= 4 is 23.7 Å². The maximum atomic E-state index is 12.9. The first-order chi connectivity index (χ1) is 14.0. The van der Waals surface area contributed by atoms with Crippen LogP contribution in [0.5, 0.6) is 0 Å². The number of imidazole rings is 1. The highest BCUT2D eigenvalue weighted by atomic mass is 16.4. The summed E-state index contributed by atoms with van der Waals surface area (Å²) < 4.78 is 0. The normalized spacial score (nSPS) is 22.3. The number of nitrogens with zero attached hydrogens (tertiary/aromatic N) is 2. The molecule has 5 N–H and O–H groups in total. The van der Waals surface area contributed by atoms with Crippen molar-refractivity contribution in [3.63, 3.8) is 0 Å². The number of carbonyl (C=O) groups excluding carboxylic acids is 3. The Bertz CT molecular complexity index is 746. The van der Waals surface area contributed by atoms with Gasteiger partial charge in [0.2, 0.25) is 17.7 Å². The minimum absolute atomic E-state index is 0.0828. The van der Waals surface area contributed by atoms with Crippen LogP contribution in [0.1, 0.15) is 31.4 Å². The van der Waals surface area contributed by atoms with Gasteiger partial charge in [0.15, 0.2) is 0 Å². The number of rotatable bonds is 8. The van der Waals surface area contributed by atoms with Crippen LogP contribution in [0.15, 0.2) is 12.5 Å². The van der Waals surface area contributed by atoms with E-state index in [1.54, 1.807) is 4.90 Å². The molecule has 0 aromatic carbocycles. The Morgan fingerprint density at radius 1 is 1.28 bits per heavy atom. The van der Waals surface area contributed by atoms with Gasteiger partial charge in [0.25, 0.3) is 0 Å². The van der Waals surface area contributed by atoms with Crippen LogP contribution in [0.3, 0.4) is 0 Å². The molecule has 3 rings (SSSR count). The SMILES string of the molecule is O=C(O)CNC(=O)C(Cc1cnc[nH]1)NC(=O)C1CCCN1C(=O)C1CCCN1. The van der Waals surface area contributed by atoms with Crippen LogP contribution >= 0.6 is 0 Å². The van der Waals surface area contributed by atoms with E-state index in [1.165, 1.54) is 12.5 Å². The zero-order valence-corrected chi connectivity index (χ0v) is 16.0. The molecule has 3 amide bonds. The minimum atomic E-state index is -1.18. The van der Waals surface area contributed by atoms with Crippen LogP contribution in [0.2, 0.25) is 0 Å². The lowest BCUT2D eigenvalue weighted by Crippen LogP contribution is -2.56. The average molecular weight is 406 g/mol. The molecule has 3 unspecified atom stereocenters. The second kappa shape index (κ2) is 9.50. The standard InChI is InChI=1S/C18H26N6O5/c25-15(26)9-21-16(27)13(7-11-8-19-10-22-11)23-17(28)14-4-2-6-24(14)18(29)12-3-1-5-20-12/h8,10,12-14,20H,1-7,9H2,(H,19,22)(H,21,27)(H,23,28)(H,25,26). The number of hydrogen-bond acceptors (Lipinski definition) is 6. The highest BCUT2D eigenvalue weighted by Crippen LogP contribution is 2.21. The molecule has 0 aliphatic carbocycles. The first-order valence-corrected chi connectivity index (χ1v) is 9.76. The number of carboxylic acids is 1. The molecule has 2 aliphatic rings. The van der Waals surface area contributed by atoms with Gasteiger partial charge < -0.3 is 30.9 Å². The highest BCUT2D eigenvalue weighted by molar-refractivity contribution is 5.94. The Morgan fingerprint density at radius 2 is 2.10 bits per heavy atom. The van der Waals surface area contributed by atoms with E-state index in [4.69, 9.17) is 5.11 Å². The van der Waals surface area contributed by atoms with Crippen molar-refractivity contribution in [3.8, 4) is 0 Å². The number of aromatic amines is 1. The quantitative estimate of drug-likeness (QED) is 0.347. The van der Waals surface area contributed by atoms with Crippen molar-refractivity contribution in [1.82, 2.24) is 30.8 Å². The number of carbonyl (C=O) groups is 4. The summed E-state index contributed by atoms with van der Waals surface area (Å²) in [7, 11) is 0. The van der Waals surface area contributed by atoms with E-state index in [2.05, 4.69) is 25.9 Å². The van der Waals surface area contributed by atoms with E-state index < -0.39 is 36.4 Å². The Labute approximate surface area is 167 Å². The molecule has 29 heavy (non-hydrogen) atoms. The largest absolute Gasteiger partial charge is 0.480 e. The van der Waals surface area contributed by atoms with Crippen molar-refractivity contribution in [3.05, 3.63) is 18.2 Å². The predicted molar refractivity (Wildman–Crippen MR) is 101 cm³/mol. The molecule has 2 saturated heterocycles. The van der Waals surface area contributed by atoms with Gasteiger partial charge in [0.05, 0.1) is 12.4 Å². The smallest absolute Gasteiger partial charge is 0.322 e. The summed E-state index contributed by atoms with van der Waals surface area (Å²) in [6.07, 6.45) is 6.03. The number of carboxylic acid groups (broad SMARTS) is 1. The van der Waals surface area contributed by atoms with Gasteiger partial charge in [0, 0.05) is 24.9 Å². The summed E-state index contributed by atoms with van der Waals surface area (Å²) in [4.78, 5) is 57.2. The van der Waals surface area contributed by atoms with Gasteiger partial charge >= 0.3 is 5.97 Å². The molecule has 11 heteroatoms. The summed E-state index contributed by atoms with van der Waals surface area (Å²) in [5.74, 6) is -2.28. The van der Waals surface area contributed by atoms with Crippen molar-refractivity contribution in [2.75, 3.05) is 19.6 Å². The summed E-state index contributed by atoms with van der Waals surface area (Å²) in [6, 6.07) is -1.88. The lowest BCUT2D eigenvalue weighted by Gasteiger charge is -2.28. The first-order valence-electron chi connectivity index (χ1n) is 9.76. The van der Waals surface area contributed by atoms with E-state index in [0.29, 0.717) is 25.1 Å². The van der Waals surface area contributed by atoms with Gasteiger partial charge in [-0.05, 0) is 32.2 Å². The van der Waals surface area contributed by atoms with E-state index >= 15 is 0 Å². The maximum absolute atomic E-state index is 12.9. The van der Waals surface area contributed by atoms with Gasteiger partial charge in [-0.25, -0.2) is 4.98 Å². The number of likely N-dealkylation sites (tertiary alicyclic amines) is 1. The lowest BCUT2D eigenvalue weighted by molar-refractivity contribution is -0.141. The molecule has 3 heterocycles. The zero-order chi connectivity index (χ0) is 20.8. The monoisotopic (exact) mass is 406 g/mol. The topological polar surface area (TPSA) is 157 Å². The minimum Gasteiger partial charge on any atom is -0.480 e. The average Bonchev–Trinajstić information content (AvgIpc) is 3.47. The molecule has 158 valence electrons. The maximum Gasteiger partial charge on any atom is 0.322 e. The van der Waals surface area contributed by atoms with Crippen LogP contribution in [-0.2, 0) is 25.6 Å². The number of aromatic nitrogens is 2. The fourth-order valence-corrected chi connectivity index (χ4v) is 3.78. The van der Waals surface area contributed by atoms with E-state index in [1.807, 2.05) is 0 Å². The molecular formula is C18H26N6O5. The highest BCUT2D eigenvalue weighted by Gasteiger charge is 2.39. The van der Waals surface area contributed by atoms with Crippen molar-refractivity contribution < 1.29 is 24.3 Å². The number of amides is 3. The van der Waals surface area contributed by atoms with Gasteiger partial charge in [-0.15, -0.1) is 0 Å². The molecule has 2 fully saturated rings. The summed E-state index contributed by atoms with van der Waals surface area (Å²) >= 11 is 0. The number of H-pyrrole nitrogens is 1. The van der Waals surface area contributed by atoms with Gasteiger partial charge in [-0.3, -0.25) is 19.2 Å². The molecule has 1 aromatic rings. The molecular weight excluding hydrogens is 380 g/mol. The summed E-state index contributed by atoms with van der Waals surface area (Å²) in [5, 5.41) is 16.9. The van der Waals surface area contributed by atoms with E-state index in [9.17, 15) is 19.2 Å². The van der Waals surface area contributed by atoms with Crippen LogP contribution in [-0.4, -0.2) is 81.4 Å². The second-order valence-electron chi connectivity index (χ2n) is 7.29. The first kappa shape index (κ1) is 20.8. The molecule has 0 saturated carbocycles. The Balaban J connectivity index is 1.66. The third-order valence-electron chi connectivity index (χ3n) is 5.22. The van der Waals surface area contributed by atoms with Crippen molar-refractivity contribution in [2.45, 2.75) is 50.2 Å². The number of aliphatic carboxylic acids is 1. The third-order valence-corrected chi connectivity index (χ3v) is 5.22.